The predicted octanol–water partition coefficient (Wildman–Crippen LogP) is 3.50. The quantitative estimate of drug-likeness (QED) is 0.610. The Balaban J connectivity index is 1.41. The van der Waals surface area contributed by atoms with E-state index >= 15 is 0 Å². The first-order chi connectivity index (χ1) is 15.9. The van der Waals surface area contributed by atoms with Gasteiger partial charge >= 0.3 is 0 Å². The van der Waals surface area contributed by atoms with E-state index in [4.69, 9.17) is 14.4 Å². The Morgan fingerprint density at radius 1 is 1.06 bits per heavy atom. The van der Waals surface area contributed by atoms with Gasteiger partial charge in [-0.3, -0.25) is 14.5 Å². The first kappa shape index (κ1) is 21.3. The summed E-state index contributed by atoms with van der Waals surface area (Å²) in [6.07, 6.45) is 1.89. The molecule has 3 aromatic rings. The molecule has 2 amide bonds. The third kappa shape index (κ3) is 4.01. The molecule has 1 atom stereocenters. The number of likely N-dealkylation sites (tertiary alicyclic amines) is 1. The van der Waals surface area contributed by atoms with E-state index in [2.05, 4.69) is 4.98 Å². The average molecular weight is 446 g/mol. The number of hydrogen-bond donors (Lipinski definition) is 0. The second-order valence-corrected chi connectivity index (χ2v) is 8.82. The van der Waals surface area contributed by atoms with E-state index in [0.29, 0.717) is 61.5 Å². The van der Waals surface area contributed by atoms with Gasteiger partial charge in [-0.1, -0.05) is 30.3 Å². The number of aromatic nitrogens is 3. The van der Waals surface area contributed by atoms with Crippen LogP contribution in [0.2, 0.25) is 0 Å². The molecule has 1 fully saturated rings. The summed E-state index contributed by atoms with van der Waals surface area (Å²) < 4.78 is 5.53. The van der Waals surface area contributed by atoms with Crippen LogP contribution in [-0.2, 0) is 17.8 Å². The Bertz CT molecular complexity index is 1220. The summed E-state index contributed by atoms with van der Waals surface area (Å²) in [7, 11) is 0. The van der Waals surface area contributed by atoms with Crippen LogP contribution < -0.4 is 4.90 Å². The van der Waals surface area contributed by atoms with E-state index in [9.17, 15) is 9.59 Å². The van der Waals surface area contributed by atoms with Gasteiger partial charge in [-0.15, -0.1) is 0 Å². The van der Waals surface area contributed by atoms with Gasteiger partial charge in [0, 0.05) is 43.6 Å². The summed E-state index contributed by atoms with van der Waals surface area (Å²) in [6, 6.07) is 9.95. The minimum atomic E-state index is -0.147. The van der Waals surface area contributed by atoms with Crippen molar-refractivity contribution >= 4 is 17.6 Å². The van der Waals surface area contributed by atoms with Gasteiger partial charge in [-0.2, -0.15) is 0 Å². The fourth-order valence-corrected chi connectivity index (χ4v) is 4.74. The summed E-state index contributed by atoms with van der Waals surface area (Å²) in [4.78, 5) is 43.3. The summed E-state index contributed by atoms with van der Waals surface area (Å²) in [5.41, 5.74) is 3.61. The van der Waals surface area contributed by atoms with Crippen LogP contribution in [0.15, 0.2) is 34.7 Å². The Labute approximate surface area is 192 Å². The van der Waals surface area contributed by atoms with Gasteiger partial charge in [0.15, 0.2) is 5.89 Å². The molecule has 0 saturated carbocycles. The molecule has 0 bridgehead atoms. The zero-order chi connectivity index (χ0) is 23.1. The summed E-state index contributed by atoms with van der Waals surface area (Å²) >= 11 is 0. The highest BCUT2D eigenvalue weighted by atomic mass is 16.4. The largest absolute Gasteiger partial charge is 0.436 e. The lowest BCUT2D eigenvalue weighted by Gasteiger charge is -2.30. The molecule has 1 saturated heterocycles. The predicted molar refractivity (Wildman–Crippen MR) is 122 cm³/mol. The lowest BCUT2D eigenvalue weighted by Crippen LogP contribution is -2.36. The molecular formula is C25H27N5O3. The molecule has 0 radical (unpaired) electrons. The number of amides is 2. The first-order valence-electron chi connectivity index (χ1n) is 11.4. The van der Waals surface area contributed by atoms with Gasteiger partial charge in [-0.25, -0.2) is 15.0 Å². The zero-order valence-electron chi connectivity index (χ0n) is 19.2. The molecule has 2 aromatic heterocycles. The smallest absolute Gasteiger partial charge is 0.291 e. The number of aryl methyl sites for hydroxylation is 3. The minimum Gasteiger partial charge on any atom is -0.436 e. The molecule has 5 rings (SSSR count). The molecule has 1 aromatic carbocycles. The maximum Gasteiger partial charge on any atom is 0.291 e. The number of anilines is 1. The fraction of sp³-hybridized carbons (Fsp3) is 0.400. The number of oxazole rings is 1. The van der Waals surface area contributed by atoms with E-state index in [1.165, 1.54) is 0 Å². The zero-order valence-corrected chi connectivity index (χ0v) is 19.2. The number of rotatable bonds is 4. The van der Waals surface area contributed by atoms with E-state index in [1.807, 2.05) is 37.3 Å². The first-order valence-corrected chi connectivity index (χ1v) is 11.4. The van der Waals surface area contributed by atoms with Crippen molar-refractivity contribution in [2.45, 2.75) is 52.5 Å². The summed E-state index contributed by atoms with van der Waals surface area (Å²) in [6.45, 7) is 7.12. The number of carbonyl (C=O) groups is 2. The second kappa shape index (κ2) is 8.42. The highest BCUT2D eigenvalue weighted by Crippen LogP contribution is 2.33. The van der Waals surface area contributed by atoms with Crippen molar-refractivity contribution in [1.29, 1.82) is 0 Å². The molecule has 8 nitrogen and oxygen atoms in total. The summed E-state index contributed by atoms with van der Waals surface area (Å²) in [5.74, 6) is 2.14. The van der Waals surface area contributed by atoms with Crippen LogP contribution in [0, 0.1) is 20.8 Å². The molecule has 2 aliphatic rings. The highest BCUT2D eigenvalue weighted by Gasteiger charge is 2.34. The molecule has 0 unspecified atom stereocenters. The van der Waals surface area contributed by atoms with Crippen LogP contribution in [0.5, 0.6) is 0 Å². The van der Waals surface area contributed by atoms with E-state index in [0.717, 1.165) is 23.2 Å². The van der Waals surface area contributed by atoms with Crippen LogP contribution in [0.3, 0.4) is 0 Å². The Morgan fingerprint density at radius 3 is 2.58 bits per heavy atom. The highest BCUT2D eigenvalue weighted by molar-refractivity contribution is 5.95. The number of nitrogens with zero attached hydrogens (tertiary/aromatic N) is 5. The lowest BCUT2D eigenvalue weighted by atomic mass is 10.0. The van der Waals surface area contributed by atoms with Crippen LogP contribution in [0.4, 0.5) is 5.82 Å². The van der Waals surface area contributed by atoms with Crippen LogP contribution in [-0.4, -0.2) is 44.8 Å². The molecule has 0 spiro atoms. The van der Waals surface area contributed by atoms with Crippen molar-refractivity contribution in [2.24, 2.45) is 0 Å². The van der Waals surface area contributed by atoms with Crippen molar-refractivity contribution in [3.05, 3.63) is 70.3 Å². The number of fused-ring (bicyclic) bond motifs is 1. The van der Waals surface area contributed by atoms with Crippen molar-refractivity contribution in [3.63, 3.8) is 0 Å². The fourth-order valence-electron chi connectivity index (χ4n) is 4.74. The van der Waals surface area contributed by atoms with Gasteiger partial charge < -0.3 is 9.32 Å². The summed E-state index contributed by atoms with van der Waals surface area (Å²) in [5, 5.41) is 0. The molecule has 33 heavy (non-hydrogen) atoms. The van der Waals surface area contributed by atoms with Gasteiger partial charge in [0.1, 0.15) is 11.6 Å². The minimum absolute atomic E-state index is 0.0119. The molecule has 0 N–H and O–H groups in total. The topological polar surface area (TPSA) is 92.4 Å². The maximum atomic E-state index is 13.0. The Kier molecular flexibility index (Phi) is 5.44. The van der Waals surface area contributed by atoms with E-state index in [-0.39, 0.29) is 17.7 Å². The van der Waals surface area contributed by atoms with E-state index < -0.39 is 0 Å². The number of carbonyl (C=O) groups excluding carboxylic acids is 2. The SMILES string of the molecule is Cc1nc(C)c(C(=O)N2CC[C@H](c3nc(C)c4c(n3)N(Cc3ccccc3)C(=O)CC4)C2)o1. The Morgan fingerprint density at radius 2 is 1.85 bits per heavy atom. The molecule has 4 heterocycles. The molecule has 8 heteroatoms. The van der Waals surface area contributed by atoms with Crippen molar-refractivity contribution < 1.29 is 14.0 Å². The third-order valence-electron chi connectivity index (χ3n) is 6.48. The standard InChI is InChI=1S/C25H27N5O3/c1-15-20-9-10-21(31)30(13-18-7-5-4-6-8-18)24(20)28-23(27-15)19-11-12-29(14-19)25(32)22-16(2)26-17(3)33-22/h4-8,19H,9-14H2,1-3H3/t19-/m0/s1. The van der Waals surface area contributed by atoms with Gasteiger partial charge in [0.05, 0.1) is 12.2 Å². The number of benzene rings is 1. The van der Waals surface area contributed by atoms with E-state index in [1.54, 1.807) is 23.6 Å². The van der Waals surface area contributed by atoms with Crippen molar-refractivity contribution in [1.82, 2.24) is 19.9 Å². The average Bonchev–Trinajstić information content (AvgIpc) is 3.42. The van der Waals surface area contributed by atoms with Gasteiger partial charge in [0.25, 0.3) is 5.91 Å². The lowest BCUT2D eigenvalue weighted by molar-refractivity contribution is -0.119. The van der Waals surface area contributed by atoms with Crippen LogP contribution in [0.25, 0.3) is 0 Å². The second-order valence-electron chi connectivity index (χ2n) is 8.82. The van der Waals surface area contributed by atoms with Crippen LogP contribution in [0.1, 0.15) is 63.5 Å². The van der Waals surface area contributed by atoms with Gasteiger partial charge in [-0.05, 0) is 32.3 Å². The monoisotopic (exact) mass is 445 g/mol. The Hall–Kier alpha value is -3.55. The maximum absolute atomic E-state index is 13.0. The molecule has 2 aliphatic heterocycles. The normalized spacial score (nSPS) is 18.0. The molecular weight excluding hydrogens is 418 g/mol. The van der Waals surface area contributed by atoms with Crippen molar-refractivity contribution in [3.8, 4) is 0 Å². The molecule has 170 valence electrons. The molecule has 0 aliphatic carbocycles. The van der Waals surface area contributed by atoms with Crippen LogP contribution >= 0.6 is 0 Å². The van der Waals surface area contributed by atoms with Crippen molar-refractivity contribution in [2.75, 3.05) is 18.0 Å². The number of hydrogen-bond acceptors (Lipinski definition) is 6. The van der Waals surface area contributed by atoms with Gasteiger partial charge in [0.2, 0.25) is 11.7 Å². The third-order valence-corrected chi connectivity index (χ3v) is 6.48.